The molecule has 0 radical (unpaired) electrons. The maximum atomic E-state index is 5.41. The summed E-state index contributed by atoms with van der Waals surface area (Å²) in [6.07, 6.45) is 9.34. The molecule has 0 spiro atoms. The van der Waals surface area contributed by atoms with Crippen LogP contribution >= 0.6 is 0 Å². The van der Waals surface area contributed by atoms with Crippen molar-refractivity contribution in [2.75, 3.05) is 0 Å². The maximum Gasteiger partial charge on any atom is 0.224 e. The largest absolute Gasteiger partial charge is 0.333 e. The number of nitrogens with zero attached hydrogens (tertiary/aromatic N) is 4. The van der Waals surface area contributed by atoms with E-state index in [9.17, 15) is 0 Å². The van der Waals surface area contributed by atoms with Gasteiger partial charge in [-0.15, -0.1) is 0 Å². The van der Waals surface area contributed by atoms with Crippen LogP contribution in [0.2, 0.25) is 0 Å². The Morgan fingerprint density at radius 3 is 1.66 bits per heavy atom. The van der Waals surface area contributed by atoms with Crippen LogP contribution in [0.4, 0.5) is 0 Å². The Morgan fingerprint density at radius 1 is 0.464 bits per heavy atom. The fourth-order valence-electron chi connectivity index (χ4n) is 8.78. The van der Waals surface area contributed by atoms with Crippen molar-refractivity contribution in [1.82, 2.24) is 14.5 Å². The number of aliphatic imine (C=N–C) groups is 2. The van der Waals surface area contributed by atoms with Gasteiger partial charge in [0.05, 0.1) is 22.6 Å². The molecule has 7 aromatic carbocycles. The Labute approximate surface area is 324 Å². The van der Waals surface area contributed by atoms with E-state index >= 15 is 0 Å². The van der Waals surface area contributed by atoms with Crippen molar-refractivity contribution in [1.29, 1.82) is 0 Å². The highest BCUT2D eigenvalue weighted by atomic mass is 15.3. The van der Waals surface area contributed by atoms with E-state index in [0.717, 1.165) is 40.3 Å². The summed E-state index contributed by atoms with van der Waals surface area (Å²) in [5.41, 5.74) is 11.4. The first kappa shape index (κ1) is 32.2. The van der Waals surface area contributed by atoms with Gasteiger partial charge in [0.25, 0.3) is 0 Å². The third-order valence-electron chi connectivity index (χ3n) is 11.3. The van der Waals surface area contributed by atoms with Crippen molar-refractivity contribution in [3.63, 3.8) is 0 Å². The zero-order valence-electron chi connectivity index (χ0n) is 30.6. The van der Waals surface area contributed by atoms with Crippen LogP contribution < -0.4 is 5.32 Å². The molecule has 1 atom stereocenters. The van der Waals surface area contributed by atoms with Gasteiger partial charge in [-0.1, -0.05) is 170 Å². The van der Waals surface area contributed by atoms with Gasteiger partial charge in [-0.25, -0.2) is 9.98 Å². The number of fused-ring (bicyclic) bond motifs is 7. The van der Waals surface area contributed by atoms with Crippen molar-refractivity contribution in [2.24, 2.45) is 9.98 Å². The van der Waals surface area contributed by atoms with Crippen molar-refractivity contribution < 1.29 is 0 Å². The van der Waals surface area contributed by atoms with Gasteiger partial charge in [-0.2, -0.15) is 0 Å². The first-order chi connectivity index (χ1) is 27.8. The molecule has 1 aliphatic carbocycles. The summed E-state index contributed by atoms with van der Waals surface area (Å²) >= 11 is 0. The van der Waals surface area contributed by atoms with E-state index < -0.39 is 6.29 Å². The van der Waals surface area contributed by atoms with E-state index in [-0.39, 0.29) is 6.04 Å². The number of rotatable bonds is 6. The third kappa shape index (κ3) is 5.24. The minimum absolute atomic E-state index is 0.171. The minimum Gasteiger partial charge on any atom is -0.333 e. The van der Waals surface area contributed by atoms with E-state index in [0.29, 0.717) is 0 Å². The first-order valence-corrected chi connectivity index (χ1v) is 19.3. The zero-order chi connectivity index (χ0) is 37.0. The lowest BCUT2D eigenvalue weighted by Gasteiger charge is -2.24. The molecule has 0 bridgehead atoms. The van der Waals surface area contributed by atoms with Crippen LogP contribution in [0.5, 0.6) is 0 Å². The van der Waals surface area contributed by atoms with Gasteiger partial charge < -0.3 is 9.88 Å². The quantitative estimate of drug-likeness (QED) is 0.183. The van der Waals surface area contributed by atoms with Crippen LogP contribution in [0, 0.1) is 0 Å². The Hall–Kier alpha value is -7.24. The van der Waals surface area contributed by atoms with E-state index in [1.807, 2.05) is 12.1 Å². The van der Waals surface area contributed by atoms with Crippen molar-refractivity contribution >= 4 is 55.3 Å². The molecule has 2 aromatic heterocycles. The Bertz CT molecular complexity index is 3020. The minimum atomic E-state index is -0.565. The van der Waals surface area contributed by atoms with Crippen LogP contribution in [0.25, 0.3) is 65.9 Å². The SMILES string of the molecule is C1=CCC(n2c3ccccc3c3c4c5ccccc5n(C5N=C(c6ccccc6)NC(c6ccccc6)=N5)c4cc(-c4cccc(-c5ccccc5)c4)c32)C=C1. The normalized spacial score (nSPS) is 15.8. The Kier molecular flexibility index (Phi) is 7.62. The number of benzene rings is 7. The summed E-state index contributed by atoms with van der Waals surface area (Å²) in [6.45, 7) is 0. The molecule has 5 heteroatoms. The molecule has 0 saturated carbocycles. The number of hydrogen-bond acceptors (Lipinski definition) is 3. The molecule has 0 amide bonds. The van der Waals surface area contributed by atoms with E-state index in [2.05, 4.69) is 196 Å². The topological polar surface area (TPSA) is 46.6 Å². The summed E-state index contributed by atoms with van der Waals surface area (Å²) in [5, 5.41) is 8.50. The van der Waals surface area contributed by atoms with Gasteiger partial charge in [0.15, 0.2) is 0 Å². The van der Waals surface area contributed by atoms with Crippen LogP contribution in [-0.2, 0) is 0 Å². The highest BCUT2D eigenvalue weighted by Gasteiger charge is 2.29. The average Bonchev–Trinajstić information content (AvgIpc) is 3.80. The number of aromatic nitrogens is 2. The molecule has 266 valence electrons. The second kappa shape index (κ2) is 13.3. The summed E-state index contributed by atoms with van der Waals surface area (Å²) in [7, 11) is 0. The lowest BCUT2D eigenvalue weighted by atomic mass is 9.95. The van der Waals surface area contributed by atoms with Gasteiger partial charge in [0, 0.05) is 43.8 Å². The van der Waals surface area contributed by atoms with Gasteiger partial charge in [0.2, 0.25) is 6.29 Å². The highest BCUT2D eigenvalue weighted by molar-refractivity contribution is 6.31. The van der Waals surface area contributed by atoms with Crippen LogP contribution in [-0.4, -0.2) is 20.8 Å². The van der Waals surface area contributed by atoms with Gasteiger partial charge in [-0.05, 0) is 47.4 Å². The predicted molar refractivity (Wildman–Crippen MR) is 233 cm³/mol. The van der Waals surface area contributed by atoms with Crippen LogP contribution in [0.3, 0.4) is 0 Å². The zero-order valence-corrected chi connectivity index (χ0v) is 30.6. The van der Waals surface area contributed by atoms with Crippen LogP contribution in [0.1, 0.15) is 29.9 Å². The highest BCUT2D eigenvalue weighted by Crippen LogP contribution is 2.48. The maximum absolute atomic E-state index is 5.41. The summed E-state index contributed by atoms with van der Waals surface area (Å²) in [4.78, 5) is 10.8. The number of allylic oxidation sites excluding steroid dienone is 4. The first-order valence-electron chi connectivity index (χ1n) is 19.3. The summed E-state index contributed by atoms with van der Waals surface area (Å²) in [5.74, 6) is 1.59. The lowest BCUT2D eigenvalue weighted by molar-refractivity contribution is 0.575. The smallest absolute Gasteiger partial charge is 0.224 e. The number of nitrogens with one attached hydrogen (secondary N) is 1. The fourth-order valence-corrected chi connectivity index (χ4v) is 8.78. The molecule has 5 nitrogen and oxygen atoms in total. The van der Waals surface area contributed by atoms with Gasteiger partial charge in [-0.3, -0.25) is 4.57 Å². The van der Waals surface area contributed by atoms with E-state index in [4.69, 9.17) is 9.98 Å². The van der Waals surface area contributed by atoms with Gasteiger partial charge in [0.1, 0.15) is 11.7 Å². The van der Waals surface area contributed by atoms with Crippen molar-refractivity contribution in [3.05, 3.63) is 205 Å². The second-order valence-electron chi connectivity index (χ2n) is 14.5. The third-order valence-corrected chi connectivity index (χ3v) is 11.3. The molecule has 1 aliphatic heterocycles. The second-order valence-corrected chi connectivity index (χ2v) is 14.5. The molecule has 0 saturated heterocycles. The average molecular weight is 720 g/mol. The number of amidine groups is 2. The lowest BCUT2D eigenvalue weighted by Crippen LogP contribution is -2.36. The van der Waals surface area contributed by atoms with E-state index in [1.54, 1.807) is 0 Å². The molecule has 1 unspecified atom stereocenters. The molecular formula is C51H37N5. The number of para-hydroxylation sites is 2. The Morgan fingerprint density at radius 2 is 1.02 bits per heavy atom. The molecule has 2 aliphatic rings. The predicted octanol–water partition coefficient (Wildman–Crippen LogP) is 12.2. The molecule has 56 heavy (non-hydrogen) atoms. The fraction of sp³-hybridized carbons (Fsp3) is 0.0588. The Balaban J connectivity index is 1.27. The molecule has 0 fully saturated rings. The van der Waals surface area contributed by atoms with Crippen molar-refractivity contribution in [2.45, 2.75) is 18.8 Å². The molecular weight excluding hydrogens is 683 g/mol. The van der Waals surface area contributed by atoms with Gasteiger partial charge >= 0.3 is 0 Å². The van der Waals surface area contributed by atoms with Crippen molar-refractivity contribution in [3.8, 4) is 22.3 Å². The molecule has 1 N–H and O–H groups in total. The molecule has 3 heterocycles. The molecule has 11 rings (SSSR count). The van der Waals surface area contributed by atoms with Crippen LogP contribution in [0.15, 0.2) is 204 Å². The molecule has 9 aromatic rings. The number of hydrogen-bond donors (Lipinski definition) is 1. The standard InChI is InChI=1S/C51H37N5/c1-5-18-34(19-6-1)37-24-17-25-38(32-37)42-33-45-46(47-41-29-14-15-30-43(41)55(48(42)47)39-26-11-4-12-27-39)40-28-13-16-31-44(40)56(45)51-53-49(35-20-7-2-8-21-35)52-50(54-51)36-22-9-3-10-23-36/h1-26,28-33,39,51H,27H2,(H,52,53,54). The van der Waals surface area contributed by atoms with E-state index in [1.165, 1.54) is 54.8 Å². The summed E-state index contributed by atoms with van der Waals surface area (Å²) in [6, 6.07) is 60.7. The monoisotopic (exact) mass is 719 g/mol. The summed E-state index contributed by atoms with van der Waals surface area (Å²) < 4.78 is 4.94.